The minimum absolute atomic E-state index is 0.271. The van der Waals surface area contributed by atoms with Gasteiger partial charge in [-0.15, -0.1) is 0 Å². The molecule has 3 heteroatoms. The molecule has 0 spiro atoms. The van der Waals surface area contributed by atoms with Crippen LogP contribution in [0.15, 0.2) is 12.2 Å². The summed E-state index contributed by atoms with van der Waals surface area (Å²) in [5.41, 5.74) is -1.44. The van der Waals surface area contributed by atoms with Gasteiger partial charge in [-0.2, -0.15) is 13.2 Å². The molecule has 0 saturated heterocycles. The summed E-state index contributed by atoms with van der Waals surface area (Å²) >= 11 is 0. The summed E-state index contributed by atoms with van der Waals surface area (Å²) in [7, 11) is 0. The number of alkyl halides is 3. The maximum Gasteiger partial charge on any atom is 0.397 e. The van der Waals surface area contributed by atoms with E-state index in [1.54, 1.807) is 6.08 Å². The van der Waals surface area contributed by atoms with Crippen LogP contribution in [0.5, 0.6) is 0 Å². The lowest BCUT2D eigenvalue weighted by atomic mass is 10.1. The zero-order chi connectivity index (χ0) is 8.54. The molecule has 0 aromatic rings. The van der Waals surface area contributed by atoms with Gasteiger partial charge in [0.2, 0.25) is 0 Å². The van der Waals surface area contributed by atoms with E-state index in [2.05, 4.69) is 0 Å². The lowest BCUT2D eigenvalue weighted by Gasteiger charge is -2.14. The highest BCUT2D eigenvalue weighted by Crippen LogP contribution is 2.58. The molecule has 0 heterocycles. The summed E-state index contributed by atoms with van der Waals surface area (Å²) in [5.74, 6) is 0. The van der Waals surface area contributed by atoms with Crippen molar-refractivity contribution in [1.29, 1.82) is 0 Å². The van der Waals surface area contributed by atoms with Crippen LogP contribution in [0, 0.1) is 5.41 Å². The van der Waals surface area contributed by atoms with Crippen LogP contribution < -0.4 is 0 Å². The molecule has 0 nitrogen and oxygen atoms in total. The van der Waals surface area contributed by atoms with Gasteiger partial charge in [0.05, 0.1) is 5.41 Å². The molecule has 0 atom stereocenters. The summed E-state index contributed by atoms with van der Waals surface area (Å²) in [4.78, 5) is 0. The van der Waals surface area contributed by atoms with Crippen LogP contribution in [0.3, 0.4) is 0 Å². The van der Waals surface area contributed by atoms with Gasteiger partial charge >= 0.3 is 6.18 Å². The molecule has 0 aliphatic heterocycles. The third-order valence-corrected chi connectivity index (χ3v) is 2.03. The van der Waals surface area contributed by atoms with E-state index in [1.165, 1.54) is 6.08 Å². The normalized spacial score (nSPS) is 22.5. The van der Waals surface area contributed by atoms with Crippen molar-refractivity contribution < 1.29 is 13.2 Å². The van der Waals surface area contributed by atoms with Crippen LogP contribution in [0.1, 0.15) is 26.2 Å². The first-order valence-electron chi connectivity index (χ1n) is 3.76. The minimum atomic E-state index is -4.03. The standard InChI is InChI=1S/C8H11F3/c1-2-3-4-7(5-6-7)8(9,10)11/h3-4H,2,5-6H2,1H3/b4-3+. The maximum atomic E-state index is 12.2. The highest BCUT2D eigenvalue weighted by atomic mass is 19.4. The Kier molecular flexibility index (Phi) is 1.99. The zero-order valence-electron chi connectivity index (χ0n) is 6.41. The van der Waals surface area contributed by atoms with Crippen molar-refractivity contribution in [3.63, 3.8) is 0 Å². The Bertz CT molecular complexity index is 163. The van der Waals surface area contributed by atoms with E-state index in [0.717, 1.165) is 0 Å². The zero-order valence-corrected chi connectivity index (χ0v) is 6.41. The van der Waals surface area contributed by atoms with E-state index in [-0.39, 0.29) is 12.8 Å². The van der Waals surface area contributed by atoms with Crippen LogP contribution in [0.4, 0.5) is 13.2 Å². The van der Waals surface area contributed by atoms with Crippen LogP contribution in [0.2, 0.25) is 0 Å². The van der Waals surface area contributed by atoms with E-state index < -0.39 is 11.6 Å². The molecule has 64 valence electrons. The second kappa shape index (κ2) is 2.54. The molecule has 1 saturated carbocycles. The molecule has 1 rings (SSSR count). The molecule has 1 aliphatic carbocycles. The molecule has 1 aliphatic rings. The smallest absolute Gasteiger partial charge is 0.170 e. The molecular formula is C8H11F3. The largest absolute Gasteiger partial charge is 0.397 e. The summed E-state index contributed by atoms with van der Waals surface area (Å²) in [6.45, 7) is 1.84. The Morgan fingerprint density at radius 3 is 2.18 bits per heavy atom. The van der Waals surface area contributed by atoms with Crippen LogP contribution >= 0.6 is 0 Å². The van der Waals surface area contributed by atoms with Crippen molar-refractivity contribution in [2.75, 3.05) is 0 Å². The van der Waals surface area contributed by atoms with Gasteiger partial charge in [-0.05, 0) is 19.3 Å². The van der Waals surface area contributed by atoms with Crippen molar-refractivity contribution in [2.24, 2.45) is 5.41 Å². The number of rotatable bonds is 2. The number of hydrogen-bond donors (Lipinski definition) is 0. The minimum Gasteiger partial charge on any atom is -0.170 e. The number of halogens is 3. The van der Waals surface area contributed by atoms with E-state index in [4.69, 9.17) is 0 Å². The lowest BCUT2D eigenvalue weighted by Crippen LogP contribution is -2.21. The van der Waals surface area contributed by atoms with Crippen molar-refractivity contribution in [3.8, 4) is 0 Å². The third-order valence-electron chi connectivity index (χ3n) is 2.03. The fourth-order valence-electron chi connectivity index (χ4n) is 1.02. The molecule has 0 aromatic carbocycles. The van der Waals surface area contributed by atoms with Crippen molar-refractivity contribution >= 4 is 0 Å². The average Bonchev–Trinajstić information content (AvgIpc) is 2.61. The Labute approximate surface area is 64.1 Å². The first-order chi connectivity index (χ1) is 5.02. The molecule has 1 fully saturated rings. The number of allylic oxidation sites excluding steroid dienone is 2. The van der Waals surface area contributed by atoms with Crippen LogP contribution in [-0.2, 0) is 0 Å². The quantitative estimate of drug-likeness (QED) is 0.549. The summed E-state index contributed by atoms with van der Waals surface area (Å²) < 4.78 is 36.5. The Hall–Kier alpha value is -0.470. The van der Waals surface area contributed by atoms with Gasteiger partial charge in [0, 0.05) is 0 Å². The van der Waals surface area contributed by atoms with Gasteiger partial charge in [0.1, 0.15) is 0 Å². The Balaban J connectivity index is 2.61. The first-order valence-corrected chi connectivity index (χ1v) is 3.76. The monoisotopic (exact) mass is 164 g/mol. The highest BCUT2D eigenvalue weighted by Gasteiger charge is 2.61. The van der Waals surface area contributed by atoms with Crippen molar-refractivity contribution in [2.45, 2.75) is 32.4 Å². The van der Waals surface area contributed by atoms with E-state index in [0.29, 0.717) is 6.42 Å². The fourth-order valence-corrected chi connectivity index (χ4v) is 1.02. The van der Waals surface area contributed by atoms with E-state index in [1.807, 2.05) is 6.92 Å². The van der Waals surface area contributed by atoms with Crippen LogP contribution in [-0.4, -0.2) is 6.18 Å². The fraction of sp³-hybridized carbons (Fsp3) is 0.750. The molecule has 0 radical (unpaired) electrons. The van der Waals surface area contributed by atoms with E-state index >= 15 is 0 Å². The Morgan fingerprint density at radius 2 is 1.91 bits per heavy atom. The molecule has 0 unspecified atom stereocenters. The van der Waals surface area contributed by atoms with Gasteiger partial charge in [0.25, 0.3) is 0 Å². The molecule has 11 heavy (non-hydrogen) atoms. The maximum absolute atomic E-state index is 12.2. The van der Waals surface area contributed by atoms with Crippen molar-refractivity contribution in [3.05, 3.63) is 12.2 Å². The predicted molar refractivity (Wildman–Crippen MR) is 37.2 cm³/mol. The second-order valence-electron chi connectivity index (χ2n) is 2.96. The van der Waals surface area contributed by atoms with Gasteiger partial charge in [0.15, 0.2) is 0 Å². The van der Waals surface area contributed by atoms with Gasteiger partial charge in [-0.1, -0.05) is 19.1 Å². The molecule has 0 aromatic heterocycles. The molecule has 0 N–H and O–H groups in total. The SMILES string of the molecule is CC/C=C/C1(C(F)(F)F)CC1. The average molecular weight is 164 g/mol. The second-order valence-corrected chi connectivity index (χ2v) is 2.96. The van der Waals surface area contributed by atoms with Crippen LogP contribution in [0.25, 0.3) is 0 Å². The summed E-state index contributed by atoms with van der Waals surface area (Å²) in [6.07, 6.45) is 0.101. The van der Waals surface area contributed by atoms with Crippen molar-refractivity contribution in [1.82, 2.24) is 0 Å². The first kappa shape index (κ1) is 8.62. The predicted octanol–water partition coefficient (Wildman–Crippen LogP) is 3.30. The Morgan fingerprint density at radius 1 is 1.36 bits per heavy atom. The van der Waals surface area contributed by atoms with Gasteiger partial charge in [-0.3, -0.25) is 0 Å². The third kappa shape index (κ3) is 1.57. The molecular weight excluding hydrogens is 153 g/mol. The molecule has 0 amide bonds. The van der Waals surface area contributed by atoms with Gasteiger partial charge in [-0.25, -0.2) is 0 Å². The molecule has 0 bridgehead atoms. The number of hydrogen-bond acceptors (Lipinski definition) is 0. The summed E-state index contributed by atoms with van der Waals surface area (Å²) in [5, 5.41) is 0. The van der Waals surface area contributed by atoms with Gasteiger partial charge < -0.3 is 0 Å². The lowest BCUT2D eigenvalue weighted by molar-refractivity contribution is -0.171. The topological polar surface area (TPSA) is 0 Å². The van der Waals surface area contributed by atoms with E-state index in [9.17, 15) is 13.2 Å². The highest BCUT2D eigenvalue weighted by molar-refractivity contribution is 5.13. The summed E-state index contributed by atoms with van der Waals surface area (Å²) in [6, 6.07) is 0.